The van der Waals surface area contributed by atoms with Gasteiger partial charge in [0.15, 0.2) is 0 Å². The molecule has 11 heteroatoms. The predicted molar refractivity (Wildman–Crippen MR) is 150 cm³/mol. The maximum absolute atomic E-state index is 12.4. The molecule has 0 bridgehead atoms. The number of rotatable bonds is 6. The van der Waals surface area contributed by atoms with Gasteiger partial charge in [0.25, 0.3) is 5.91 Å². The number of ether oxygens (including phenoxy) is 1. The first-order chi connectivity index (χ1) is 18.8. The van der Waals surface area contributed by atoms with Crippen molar-refractivity contribution in [2.75, 3.05) is 36.5 Å². The van der Waals surface area contributed by atoms with E-state index in [1.165, 1.54) is 6.20 Å². The van der Waals surface area contributed by atoms with Crippen molar-refractivity contribution in [1.82, 2.24) is 15.0 Å². The van der Waals surface area contributed by atoms with Crippen LogP contribution in [0.3, 0.4) is 0 Å². The van der Waals surface area contributed by atoms with E-state index in [2.05, 4.69) is 26.3 Å². The highest BCUT2D eigenvalue weighted by Crippen LogP contribution is 2.41. The number of primary amides is 1. The molecule has 1 aromatic carbocycles. The van der Waals surface area contributed by atoms with Crippen LogP contribution in [0.15, 0.2) is 41.7 Å². The molecule has 0 spiro atoms. The Labute approximate surface area is 230 Å². The summed E-state index contributed by atoms with van der Waals surface area (Å²) in [6.45, 7) is 6.14. The van der Waals surface area contributed by atoms with Gasteiger partial charge >= 0.3 is 0 Å². The number of pyridine rings is 1. The first kappa shape index (κ1) is 25.0. The molecular formula is C28H25ClN8O2. The van der Waals surface area contributed by atoms with E-state index in [1.807, 2.05) is 18.2 Å². The lowest BCUT2D eigenvalue weighted by Crippen LogP contribution is -2.41. The second-order valence-electron chi connectivity index (χ2n) is 10.1. The quantitative estimate of drug-likeness (QED) is 0.482. The summed E-state index contributed by atoms with van der Waals surface area (Å²) in [5.74, 6) is 1.41. The lowest BCUT2D eigenvalue weighted by molar-refractivity contribution is 0.0208. The number of nitriles is 1. The number of fused-ring (bicyclic) bond motifs is 3. The zero-order valence-electron chi connectivity index (χ0n) is 21.4. The molecule has 1 amide bonds. The molecule has 1 fully saturated rings. The lowest BCUT2D eigenvalue weighted by Gasteiger charge is -2.30. The molecule has 3 aromatic rings. The fourth-order valence-electron chi connectivity index (χ4n) is 4.98. The summed E-state index contributed by atoms with van der Waals surface area (Å²) in [5, 5.41) is 13.7. The minimum atomic E-state index is -0.896. The molecule has 5 heterocycles. The van der Waals surface area contributed by atoms with Crippen LogP contribution in [0, 0.1) is 11.3 Å². The van der Waals surface area contributed by atoms with Crippen molar-refractivity contribution in [2.45, 2.75) is 25.3 Å². The van der Waals surface area contributed by atoms with E-state index in [0.717, 1.165) is 28.4 Å². The van der Waals surface area contributed by atoms with Gasteiger partial charge in [0.1, 0.15) is 17.3 Å². The third-order valence-corrected chi connectivity index (χ3v) is 7.42. The van der Waals surface area contributed by atoms with E-state index in [9.17, 15) is 10.1 Å². The second kappa shape index (κ2) is 9.45. The fraction of sp³-hybridized carbons (Fsp3) is 0.286. The predicted octanol–water partition coefficient (Wildman–Crippen LogP) is 3.68. The lowest BCUT2D eigenvalue weighted by atomic mass is 9.80. The first-order valence-electron chi connectivity index (χ1n) is 12.5. The molecule has 0 atom stereocenters. The molecule has 2 aromatic heterocycles. The molecule has 3 aliphatic heterocycles. The number of amidine groups is 1. The van der Waals surface area contributed by atoms with Crippen LogP contribution in [-0.2, 0) is 10.2 Å². The van der Waals surface area contributed by atoms with Crippen molar-refractivity contribution in [1.29, 1.82) is 5.26 Å². The van der Waals surface area contributed by atoms with Crippen LogP contribution < -0.4 is 16.0 Å². The monoisotopic (exact) mass is 540 g/mol. The van der Waals surface area contributed by atoms with Gasteiger partial charge in [0.05, 0.1) is 37.3 Å². The normalized spacial score (nSPS) is 16.4. The maximum Gasteiger partial charge on any atom is 0.267 e. The largest absolute Gasteiger partial charge is 0.377 e. The molecule has 0 radical (unpaired) electrons. The Morgan fingerprint density at radius 3 is 2.82 bits per heavy atom. The van der Waals surface area contributed by atoms with E-state index in [1.54, 1.807) is 32.2 Å². The SMILES string of the molecule is CC(C)(C#N)c1ccnc(C(N)=O)c1-c1ccc(Cl)c(C2=Cc3cnc(NC4COC4)nc3N3CCN=C23)c1. The number of aromatic nitrogens is 3. The summed E-state index contributed by atoms with van der Waals surface area (Å²) in [5.41, 5.74) is 9.12. The number of nitrogens with zero attached hydrogens (tertiary/aromatic N) is 6. The minimum Gasteiger partial charge on any atom is -0.377 e. The van der Waals surface area contributed by atoms with E-state index in [-0.39, 0.29) is 11.7 Å². The average Bonchev–Trinajstić information content (AvgIpc) is 3.41. The van der Waals surface area contributed by atoms with Gasteiger partial charge in [-0.15, -0.1) is 0 Å². The highest BCUT2D eigenvalue weighted by Gasteiger charge is 2.33. The molecule has 3 N–H and O–H groups in total. The molecule has 196 valence electrons. The molecular weight excluding hydrogens is 516 g/mol. The Bertz CT molecular complexity index is 1620. The molecule has 6 rings (SSSR count). The van der Waals surface area contributed by atoms with E-state index in [4.69, 9.17) is 32.0 Å². The Morgan fingerprint density at radius 2 is 2.10 bits per heavy atom. The number of hydrogen-bond donors (Lipinski definition) is 2. The van der Waals surface area contributed by atoms with Gasteiger partial charge in [-0.3, -0.25) is 14.8 Å². The highest BCUT2D eigenvalue weighted by atomic mass is 35.5. The first-order valence-corrected chi connectivity index (χ1v) is 12.9. The van der Waals surface area contributed by atoms with Gasteiger partial charge in [0.2, 0.25) is 5.95 Å². The van der Waals surface area contributed by atoms with Crippen molar-refractivity contribution in [3.8, 4) is 17.2 Å². The standard InChI is InChI=1S/C28H25ClN8O2/c1-28(2,14-30)20-5-6-32-23(24(31)38)22(20)15-3-4-21(29)18(9-15)19-10-16-11-34-27(35-17-12-39-13-17)36-25(16)37-8-7-33-26(19)37/h3-6,9-11,17H,7-8,12-13H2,1-2H3,(H2,31,38)(H,34,35,36). The Hall–Kier alpha value is -4.33. The summed E-state index contributed by atoms with van der Waals surface area (Å²) in [6.07, 6.45) is 5.27. The number of anilines is 2. The number of nitrogens with two attached hydrogens (primary N) is 1. The maximum atomic E-state index is 12.4. The molecule has 1 saturated heterocycles. The number of hydrogen-bond acceptors (Lipinski definition) is 9. The van der Waals surface area contributed by atoms with Crippen molar-refractivity contribution < 1.29 is 9.53 Å². The van der Waals surface area contributed by atoms with Gasteiger partial charge in [-0.2, -0.15) is 10.2 Å². The summed E-state index contributed by atoms with van der Waals surface area (Å²) >= 11 is 6.77. The number of carbonyl (C=O) groups excluding carboxylic acids is 1. The molecule has 10 nitrogen and oxygen atoms in total. The number of benzene rings is 1. The van der Waals surface area contributed by atoms with Crippen molar-refractivity contribution in [2.24, 2.45) is 10.7 Å². The van der Waals surface area contributed by atoms with Crippen LogP contribution in [0.25, 0.3) is 22.8 Å². The Kier molecular flexibility index (Phi) is 6.05. The zero-order chi connectivity index (χ0) is 27.3. The van der Waals surface area contributed by atoms with Gasteiger partial charge < -0.3 is 20.7 Å². The van der Waals surface area contributed by atoms with Crippen LogP contribution in [0.4, 0.5) is 11.8 Å². The average molecular weight is 541 g/mol. The van der Waals surface area contributed by atoms with Crippen molar-refractivity contribution in [3.05, 3.63) is 64.1 Å². The van der Waals surface area contributed by atoms with E-state index < -0.39 is 11.3 Å². The van der Waals surface area contributed by atoms with Crippen molar-refractivity contribution >= 4 is 46.8 Å². The minimum absolute atomic E-state index is 0.0946. The van der Waals surface area contributed by atoms with Gasteiger partial charge in [-0.25, -0.2) is 4.98 Å². The smallest absolute Gasteiger partial charge is 0.267 e. The van der Waals surface area contributed by atoms with Gasteiger partial charge in [-0.05, 0) is 49.2 Å². The third-order valence-electron chi connectivity index (χ3n) is 7.09. The third kappa shape index (κ3) is 4.30. The van der Waals surface area contributed by atoms with E-state index in [0.29, 0.717) is 54.0 Å². The second-order valence-corrected chi connectivity index (χ2v) is 10.6. The summed E-state index contributed by atoms with van der Waals surface area (Å²) in [6, 6.07) is 9.75. The van der Waals surface area contributed by atoms with Crippen LogP contribution in [-0.4, -0.2) is 59.0 Å². The summed E-state index contributed by atoms with van der Waals surface area (Å²) in [4.78, 5) is 32.8. The van der Waals surface area contributed by atoms with Crippen LogP contribution in [0.2, 0.25) is 5.02 Å². The molecule has 0 unspecified atom stereocenters. The van der Waals surface area contributed by atoms with Gasteiger partial charge in [0, 0.05) is 46.2 Å². The van der Waals surface area contributed by atoms with Crippen LogP contribution >= 0.6 is 11.6 Å². The molecule has 0 saturated carbocycles. The van der Waals surface area contributed by atoms with Crippen LogP contribution in [0.1, 0.15) is 41.0 Å². The number of aliphatic imine (C=N–C) groups is 1. The summed E-state index contributed by atoms with van der Waals surface area (Å²) in [7, 11) is 0. The zero-order valence-corrected chi connectivity index (χ0v) is 22.2. The summed E-state index contributed by atoms with van der Waals surface area (Å²) < 4.78 is 5.24. The Morgan fingerprint density at radius 1 is 1.28 bits per heavy atom. The number of amides is 1. The number of nitrogens with one attached hydrogen (secondary N) is 1. The number of carbonyl (C=O) groups is 1. The molecule has 39 heavy (non-hydrogen) atoms. The van der Waals surface area contributed by atoms with E-state index >= 15 is 0 Å². The van der Waals surface area contributed by atoms with Crippen molar-refractivity contribution in [3.63, 3.8) is 0 Å². The Balaban J connectivity index is 1.49. The van der Waals surface area contributed by atoms with Crippen LogP contribution in [0.5, 0.6) is 0 Å². The molecule has 0 aliphatic carbocycles. The number of halogens is 1. The molecule has 3 aliphatic rings. The fourth-order valence-corrected chi connectivity index (χ4v) is 5.20. The highest BCUT2D eigenvalue weighted by molar-refractivity contribution is 6.40. The van der Waals surface area contributed by atoms with Gasteiger partial charge in [-0.1, -0.05) is 17.7 Å². The topological polar surface area (TPSA) is 142 Å².